The van der Waals surface area contributed by atoms with Crippen LogP contribution in [0.15, 0.2) is 60.8 Å². The van der Waals surface area contributed by atoms with E-state index in [1.54, 1.807) is 0 Å². The normalized spacial score (nSPS) is 16.4. The van der Waals surface area contributed by atoms with Gasteiger partial charge in [0.2, 0.25) is 5.95 Å². The highest BCUT2D eigenvalue weighted by Gasteiger charge is 2.18. The zero-order valence-electron chi connectivity index (χ0n) is 16.4. The number of hydrogen-bond donors (Lipinski definition) is 1. The van der Waals surface area contributed by atoms with Crippen LogP contribution in [0.5, 0.6) is 0 Å². The maximum absolute atomic E-state index is 5.49. The fourth-order valence-corrected chi connectivity index (χ4v) is 4.06. The predicted octanol–water partition coefficient (Wildman–Crippen LogP) is 3.62. The van der Waals surface area contributed by atoms with Crippen molar-refractivity contribution >= 4 is 23.1 Å². The van der Waals surface area contributed by atoms with Gasteiger partial charge in [0.05, 0.1) is 24.6 Å². The lowest BCUT2D eigenvalue weighted by Crippen LogP contribution is -2.36. The van der Waals surface area contributed by atoms with E-state index in [9.17, 15) is 0 Å². The fourth-order valence-electron chi connectivity index (χ4n) is 4.06. The van der Waals surface area contributed by atoms with E-state index in [0.717, 1.165) is 63.0 Å². The Morgan fingerprint density at radius 2 is 1.62 bits per heavy atom. The molecule has 3 heterocycles. The van der Waals surface area contributed by atoms with Crippen LogP contribution in [0.4, 0.5) is 23.1 Å². The Labute approximate surface area is 171 Å². The van der Waals surface area contributed by atoms with Crippen molar-refractivity contribution in [1.29, 1.82) is 0 Å². The molecule has 0 bridgehead atoms. The molecule has 0 atom stereocenters. The molecule has 5 rings (SSSR count). The summed E-state index contributed by atoms with van der Waals surface area (Å²) < 4.78 is 5.49. The van der Waals surface area contributed by atoms with E-state index < -0.39 is 0 Å². The molecule has 1 saturated heterocycles. The minimum Gasteiger partial charge on any atom is -0.378 e. The van der Waals surface area contributed by atoms with E-state index in [-0.39, 0.29) is 0 Å². The third kappa shape index (κ3) is 3.89. The predicted molar refractivity (Wildman–Crippen MR) is 116 cm³/mol. The van der Waals surface area contributed by atoms with Gasteiger partial charge in [-0.05, 0) is 35.7 Å². The standard InChI is InChI=1S/C23H25N5O/c1-2-6-19-17-28(12-10-18(19)5-1)22-9-11-24-23(26-22)25-20-7-3-4-8-21(20)27-13-15-29-16-14-27/h1-9,11H,10,12-17H2,(H,24,25,26). The second kappa shape index (κ2) is 8.09. The number of fused-ring (bicyclic) bond motifs is 1. The molecule has 6 heteroatoms. The lowest BCUT2D eigenvalue weighted by molar-refractivity contribution is 0.123. The van der Waals surface area contributed by atoms with E-state index in [4.69, 9.17) is 9.72 Å². The van der Waals surface area contributed by atoms with Gasteiger partial charge in [0.15, 0.2) is 0 Å². The second-order valence-electron chi connectivity index (χ2n) is 7.42. The number of morpholine rings is 1. The summed E-state index contributed by atoms with van der Waals surface area (Å²) in [5.41, 5.74) is 5.01. The smallest absolute Gasteiger partial charge is 0.229 e. The van der Waals surface area contributed by atoms with E-state index in [0.29, 0.717) is 5.95 Å². The Morgan fingerprint density at radius 3 is 2.52 bits per heavy atom. The molecule has 1 N–H and O–H groups in total. The van der Waals surface area contributed by atoms with Crippen LogP contribution < -0.4 is 15.1 Å². The number of benzene rings is 2. The van der Waals surface area contributed by atoms with Crippen LogP contribution in [-0.4, -0.2) is 42.8 Å². The number of para-hydroxylation sites is 2. The summed E-state index contributed by atoms with van der Waals surface area (Å²) in [6.45, 7) is 5.17. The number of nitrogens with zero attached hydrogens (tertiary/aromatic N) is 4. The van der Waals surface area contributed by atoms with Crippen molar-refractivity contribution in [2.45, 2.75) is 13.0 Å². The van der Waals surface area contributed by atoms with Crippen molar-refractivity contribution in [3.8, 4) is 0 Å². The number of ether oxygens (including phenoxy) is 1. The molecule has 0 unspecified atom stereocenters. The Bertz CT molecular complexity index is 986. The van der Waals surface area contributed by atoms with Crippen LogP contribution >= 0.6 is 0 Å². The molecule has 2 aromatic carbocycles. The summed E-state index contributed by atoms with van der Waals surface area (Å²) in [5.74, 6) is 1.59. The maximum atomic E-state index is 5.49. The van der Waals surface area contributed by atoms with Crippen molar-refractivity contribution in [3.63, 3.8) is 0 Å². The van der Waals surface area contributed by atoms with E-state index in [1.165, 1.54) is 11.1 Å². The number of anilines is 4. The molecule has 29 heavy (non-hydrogen) atoms. The Morgan fingerprint density at radius 1 is 0.828 bits per heavy atom. The Kier molecular flexibility index (Phi) is 5.01. The lowest BCUT2D eigenvalue weighted by Gasteiger charge is -2.31. The minimum absolute atomic E-state index is 0.627. The molecule has 0 aliphatic carbocycles. The van der Waals surface area contributed by atoms with Gasteiger partial charge in [0.25, 0.3) is 0 Å². The van der Waals surface area contributed by atoms with Crippen LogP contribution in [0.3, 0.4) is 0 Å². The second-order valence-corrected chi connectivity index (χ2v) is 7.42. The van der Waals surface area contributed by atoms with Gasteiger partial charge in [-0.1, -0.05) is 36.4 Å². The van der Waals surface area contributed by atoms with Gasteiger partial charge in [-0.2, -0.15) is 4.98 Å². The van der Waals surface area contributed by atoms with E-state index in [1.807, 2.05) is 18.3 Å². The maximum Gasteiger partial charge on any atom is 0.229 e. The molecule has 0 amide bonds. The molecule has 1 aromatic heterocycles. The first-order chi connectivity index (χ1) is 14.4. The number of hydrogen-bond acceptors (Lipinski definition) is 6. The summed E-state index contributed by atoms with van der Waals surface area (Å²) in [7, 11) is 0. The van der Waals surface area contributed by atoms with Crippen LogP contribution in [0, 0.1) is 0 Å². The topological polar surface area (TPSA) is 53.5 Å². The van der Waals surface area contributed by atoms with Gasteiger partial charge >= 0.3 is 0 Å². The third-order valence-corrected chi connectivity index (χ3v) is 5.60. The molecule has 0 spiro atoms. The van der Waals surface area contributed by atoms with Crippen molar-refractivity contribution in [2.24, 2.45) is 0 Å². The molecule has 148 valence electrons. The van der Waals surface area contributed by atoms with Crippen molar-refractivity contribution in [3.05, 3.63) is 71.9 Å². The zero-order valence-corrected chi connectivity index (χ0v) is 16.4. The van der Waals surface area contributed by atoms with Crippen molar-refractivity contribution in [2.75, 3.05) is 48.0 Å². The number of nitrogens with one attached hydrogen (secondary N) is 1. The molecule has 1 fully saturated rings. The highest BCUT2D eigenvalue weighted by molar-refractivity contribution is 5.73. The molecule has 0 radical (unpaired) electrons. The van der Waals surface area contributed by atoms with Crippen LogP contribution in [-0.2, 0) is 17.7 Å². The quantitative estimate of drug-likeness (QED) is 0.738. The fraction of sp³-hybridized carbons (Fsp3) is 0.304. The zero-order chi connectivity index (χ0) is 19.5. The van der Waals surface area contributed by atoms with Crippen LogP contribution in [0.2, 0.25) is 0 Å². The lowest BCUT2D eigenvalue weighted by atomic mass is 10.00. The van der Waals surface area contributed by atoms with Crippen LogP contribution in [0.25, 0.3) is 0 Å². The summed E-state index contributed by atoms with van der Waals surface area (Å²) in [6, 6.07) is 19.0. The van der Waals surface area contributed by atoms with Crippen molar-refractivity contribution in [1.82, 2.24) is 9.97 Å². The SMILES string of the molecule is c1ccc2c(c1)CCN(c1ccnc(Nc3ccccc3N3CCOCC3)n1)C2. The number of aromatic nitrogens is 2. The van der Waals surface area contributed by atoms with Gasteiger partial charge in [-0.15, -0.1) is 0 Å². The summed E-state index contributed by atoms with van der Waals surface area (Å²) in [4.78, 5) is 13.9. The third-order valence-electron chi connectivity index (χ3n) is 5.60. The average Bonchev–Trinajstić information content (AvgIpc) is 2.80. The molecular formula is C23H25N5O. The molecule has 2 aliphatic rings. The molecule has 2 aliphatic heterocycles. The minimum atomic E-state index is 0.627. The number of rotatable bonds is 4. The monoisotopic (exact) mass is 387 g/mol. The first-order valence-electron chi connectivity index (χ1n) is 10.2. The first-order valence-corrected chi connectivity index (χ1v) is 10.2. The molecule has 3 aromatic rings. The summed E-state index contributed by atoms with van der Waals surface area (Å²) in [5, 5.41) is 3.44. The summed E-state index contributed by atoms with van der Waals surface area (Å²) in [6.07, 6.45) is 2.88. The summed E-state index contributed by atoms with van der Waals surface area (Å²) >= 11 is 0. The van der Waals surface area contributed by atoms with Gasteiger partial charge in [0.1, 0.15) is 5.82 Å². The van der Waals surface area contributed by atoms with E-state index >= 15 is 0 Å². The molecular weight excluding hydrogens is 362 g/mol. The van der Waals surface area contributed by atoms with Gasteiger partial charge < -0.3 is 19.9 Å². The Hall–Kier alpha value is -3.12. The Balaban J connectivity index is 1.36. The first kappa shape index (κ1) is 17.9. The van der Waals surface area contributed by atoms with Gasteiger partial charge in [0, 0.05) is 32.4 Å². The largest absolute Gasteiger partial charge is 0.378 e. The van der Waals surface area contributed by atoms with Crippen LogP contribution in [0.1, 0.15) is 11.1 Å². The highest BCUT2D eigenvalue weighted by Crippen LogP contribution is 2.29. The highest BCUT2D eigenvalue weighted by atomic mass is 16.5. The van der Waals surface area contributed by atoms with Gasteiger partial charge in [-0.25, -0.2) is 4.98 Å². The van der Waals surface area contributed by atoms with Gasteiger partial charge in [-0.3, -0.25) is 0 Å². The van der Waals surface area contributed by atoms with E-state index in [2.05, 4.69) is 62.6 Å². The average molecular weight is 387 g/mol. The molecule has 6 nitrogen and oxygen atoms in total. The van der Waals surface area contributed by atoms with Crippen molar-refractivity contribution < 1.29 is 4.74 Å². The molecule has 0 saturated carbocycles.